The summed E-state index contributed by atoms with van der Waals surface area (Å²) in [5, 5.41) is 11.9. The van der Waals surface area contributed by atoms with Crippen LogP contribution in [0.1, 0.15) is 17.5 Å². The Morgan fingerprint density at radius 3 is 2.56 bits per heavy atom. The van der Waals surface area contributed by atoms with Gasteiger partial charge in [-0.05, 0) is 24.1 Å². The lowest BCUT2D eigenvalue weighted by atomic mass is 10.1. The Kier molecular flexibility index (Phi) is 4.32. The number of hydrogen-bond donors (Lipinski definition) is 1. The largest absolute Gasteiger partial charge is 0.340 e. The van der Waals surface area contributed by atoms with Crippen molar-refractivity contribution < 1.29 is 4.79 Å². The van der Waals surface area contributed by atoms with Gasteiger partial charge in [0.1, 0.15) is 0 Å². The van der Waals surface area contributed by atoms with Gasteiger partial charge in [0, 0.05) is 32.6 Å². The van der Waals surface area contributed by atoms with Gasteiger partial charge in [-0.25, -0.2) is 0 Å². The maximum Gasteiger partial charge on any atom is 0.222 e. The molecule has 0 spiro atoms. The van der Waals surface area contributed by atoms with Gasteiger partial charge in [0.25, 0.3) is 0 Å². The van der Waals surface area contributed by atoms with Gasteiger partial charge in [-0.15, -0.1) is 0 Å². The van der Waals surface area contributed by atoms with Gasteiger partial charge in [-0.3, -0.25) is 4.79 Å². The smallest absolute Gasteiger partial charge is 0.222 e. The summed E-state index contributed by atoms with van der Waals surface area (Å²) in [6, 6.07) is 9.52. The number of amides is 1. The lowest BCUT2D eigenvalue weighted by Gasteiger charge is -2.27. The molecular weight excluding hydrogens is 226 g/mol. The Balaban J connectivity index is 1.83. The number of nitrogens with one attached hydrogen (secondary N) is 1. The molecule has 0 saturated carbocycles. The van der Waals surface area contributed by atoms with E-state index in [4.69, 9.17) is 5.26 Å². The molecule has 1 aromatic carbocycles. The molecule has 1 saturated heterocycles. The van der Waals surface area contributed by atoms with Gasteiger partial charge < -0.3 is 10.2 Å². The fraction of sp³-hybridized carbons (Fsp3) is 0.429. The molecule has 94 valence electrons. The van der Waals surface area contributed by atoms with Crippen LogP contribution in [0.15, 0.2) is 24.3 Å². The van der Waals surface area contributed by atoms with Crippen LogP contribution in [0.25, 0.3) is 0 Å². The van der Waals surface area contributed by atoms with E-state index in [-0.39, 0.29) is 5.91 Å². The monoisotopic (exact) mass is 243 g/mol. The summed E-state index contributed by atoms with van der Waals surface area (Å²) < 4.78 is 0. The fourth-order valence-electron chi connectivity index (χ4n) is 2.07. The standard InChI is InChI=1S/C14H17N3O/c15-11-13-3-1-12(2-4-13)5-6-14(18)17-9-7-16-8-10-17/h1-4,16H,5-10H2. The fourth-order valence-corrected chi connectivity index (χ4v) is 2.07. The maximum absolute atomic E-state index is 11.9. The number of carbonyl (C=O) groups excluding carboxylic acids is 1. The summed E-state index contributed by atoms with van der Waals surface area (Å²) in [4.78, 5) is 13.9. The van der Waals surface area contributed by atoms with Crippen LogP contribution in [0.3, 0.4) is 0 Å². The first-order valence-electron chi connectivity index (χ1n) is 6.27. The zero-order valence-electron chi connectivity index (χ0n) is 10.4. The summed E-state index contributed by atoms with van der Waals surface area (Å²) in [6.45, 7) is 3.41. The van der Waals surface area contributed by atoms with E-state index in [2.05, 4.69) is 11.4 Å². The minimum absolute atomic E-state index is 0.223. The van der Waals surface area contributed by atoms with E-state index in [1.165, 1.54) is 0 Å². The van der Waals surface area contributed by atoms with Crippen molar-refractivity contribution in [3.05, 3.63) is 35.4 Å². The zero-order chi connectivity index (χ0) is 12.8. The molecule has 0 atom stereocenters. The van der Waals surface area contributed by atoms with Crippen molar-refractivity contribution in [1.82, 2.24) is 10.2 Å². The zero-order valence-corrected chi connectivity index (χ0v) is 10.4. The van der Waals surface area contributed by atoms with Crippen LogP contribution in [0.5, 0.6) is 0 Å². The third-order valence-electron chi connectivity index (χ3n) is 3.18. The Morgan fingerprint density at radius 1 is 1.28 bits per heavy atom. The highest BCUT2D eigenvalue weighted by Crippen LogP contribution is 2.07. The van der Waals surface area contributed by atoms with Crippen LogP contribution in [0, 0.1) is 11.3 Å². The average Bonchev–Trinajstić information content (AvgIpc) is 2.46. The van der Waals surface area contributed by atoms with Gasteiger partial charge in [0.05, 0.1) is 11.6 Å². The van der Waals surface area contributed by atoms with Crippen molar-refractivity contribution in [3.63, 3.8) is 0 Å². The summed E-state index contributed by atoms with van der Waals surface area (Å²) in [6.07, 6.45) is 1.29. The third kappa shape index (κ3) is 3.31. The highest BCUT2D eigenvalue weighted by atomic mass is 16.2. The molecule has 0 bridgehead atoms. The summed E-state index contributed by atoms with van der Waals surface area (Å²) in [7, 11) is 0. The van der Waals surface area contributed by atoms with Gasteiger partial charge in [0.15, 0.2) is 0 Å². The highest BCUT2D eigenvalue weighted by molar-refractivity contribution is 5.76. The van der Waals surface area contributed by atoms with E-state index >= 15 is 0 Å². The Morgan fingerprint density at radius 2 is 1.94 bits per heavy atom. The number of carbonyl (C=O) groups is 1. The number of nitriles is 1. The summed E-state index contributed by atoms with van der Waals surface area (Å²) in [5.41, 5.74) is 1.77. The van der Waals surface area contributed by atoms with E-state index < -0.39 is 0 Å². The summed E-state index contributed by atoms with van der Waals surface area (Å²) in [5.74, 6) is 0.223. The SMILES string of the molecule is N#Cc1ccc(CCC(=O)N2CCNCC2)cc1. The predicted octanol–water partition coefficient (Wildman–Crippen LogP) is 0.923. The third-order valence-corrected chi connectivity index (χ3v) is 3.18. The van der Waals surface area contributed by atoms with Crippen molar-refractivity contribution in [2.45, 2.75) is 12.8 Å². The first-order chi connectivity index (χ1) is 8.79. The lowest BCUT2D eigenvalue weighted by molar-refractivity contribution is -0.131. The molecule has 18 heavy (non-hydrogen) atoms. The number of benzene rings is 1. The number of nitrogens with zero attached hydrogens (tertiary/aromatic N) is 2. The molecule has 0 aliphatic carbocycles. The van der Waals surface area contributed by atoms with E-state index in [9.17, 15) is 4.79 Å². The topological polar surface area (TPSA) is 56.1 Å². The molecule has 0 aromatic heterocycles. The Bertz CT molecular complexity index is 441. The van der Waals surface area contributed by atoms with Crippen molar-refractivity contribution >= 4 is 5.91 Å². The van der Waals surface area contributed by atoms with Gasteiger partial charge in [-0.1, -0.05) is 12.1 Å². The minimum Gasteiger partial charge on any atom is -0.340 e. The van der Waals surface area contributed by atoms with E-state index in [1.54, 1.807) is 12.1 Å². The van der Waals surface area contributed by atoms with Crippen LogP contribution in [0.2, 0.25) is 0 Å². The molecule has 4 nitrogen and oxygen atoms in total. The van der Waals surface area contributed by atoms with Crippen LogP contribution in [-0.2, 0) is 11.2 Å². The molecule has 1 heterocycles. The lowest BCUT2D eigenvalue weighted by Crippen LogP contribution is -2.46. The molecule has 1 aliphatic heterocycles. The first-order valence-corrected chi connectivity index (χ1v) is 6.27. The molecule has 1 aliphatic rings. The van der Waals surface area contributed by atoms with Crippen molar-refractivity contribution in [3.8, 4) is 6.07 Å². The highest BCUT2D eigenvalue weighted by Gasteiger charge is 2.15. The molecule has 1 N–H and O–H groups in total. The molecule has 2 rings (SSSR count). The van der Waals surface area contributed by atoms with Crippen molar-refractivity contribution in [2.24, 2.45) is 0 Å². The summed E-state index contributed by atoms with van der Waals surface area (Å²) >= 11 is 0. The van der Waals surface area contributed by atoms with Crippen LogP contribution < -0.4 is 5.32 Å². The predicted molar refractivity (Wildman–Crippen MR) is 68.9 cm³/mol. The number of hydrogen-bond acceptors (Lipinski definition) is 3. The van der Waals surface area contributed by atoms with E-state index in [1.807, 2.05) is 17.0 Å². The van der Waals surface area contributed by atoms with Gasteiger partial charge >= 0.3 is 0 Å². The Labute approximate surface area is 107 Å². The number of piperazine rings is 1. The molecular formula is C14H17N3O. The Hall–Kier alpha value is -1.86. The van der Waals surface area contributed by atoms with Gasteiger partial charge in [-0.2, -0.15) is 5.26 Å². The van der Waals surface area contributed by atoms with Crippen molar-refractivity contribution in [2.75, 3.05) is 26.2 Å². The second kappa shape index (κ2) is 6.18. The van der Waals surface area contributed by atoms with Crippen molar-refractivity contribution in [1.29, 1.82) is 5.26 Å². The maximum atomic E-state index is 11.9. The molecule has 1 aromatic rings. The second-order valence-corrected chi connectivity index (χ2v) is 4.44. The van der Waals surface area contributed by atoms with Crippen LogP contribution >= 0.6 is 0 Å². The molecule has 4 heteroatoms. The van der Waals surface area contributed by atoms with E-state index in [0.29, 0.717) is 12.0 Å². The second-order valence-electron chi connectivity index (χ2n) is 4.44. The quantitative estimate of drug-likeness (QED) is 0.859. The molecule has 1 fully saturated rings. The van der Waals surface area contributed by atoms with Crippen LogP contribution in [0.4, 0.5) is 0 Å². The normalized spacial score (nSPS) is 15.2. The minimum atomic E-state index is 0.223. The average molecular weight is 243 g/mol. The molecule has 1 amide bonds. The van der Waals surface area contributed by atoms with Crippen LogP contribution in [-0.4, -0.2) is 37.0 Å². The number of rotatable bonds is 3. The van der Waals surface area contributed by atoms with E-state index in [0.717, 1.165) is 38.2 Å². The van der Waals surface area contributed by atoms with Gasteiger partial charge in [0.2, 0.25) is 5.91 Å². The molecule has 0 unspecified atom stereocenters. The first kappa shape index (κ1) is 12.6. The molecule has 0 radical (unpaired) electrons. The number of aryl methyl sites for hydroxylation is 1.